The molecule has 0 aliphatic carbocycles. The van der Waals surface area contributed by atoms with Crippen LogP contribution in [0.1, 0.15) is 59.8 Å². The van der Waals surface area contributed by atoms with Gasteiger partial charge in [-0.05, 0) is 25.7 Å². The van der Waals surface area contributed by atoms with Crippen LogP contribution >= 0.6 is 0 Å². The van der Waals surface area contributed by atoms with Crippen LogP contribution in [0.15, 0.2) is 0 Å². The summed E-state index contributed by atoms with van der Waals surface area (Å²) in [5.74, 6) is -0.370. The second-order valence-electron chi connectivity index (χ2n) is 4.62. The van der Waals surface area contributed by atoms with Gasteiger partial charge in [-0.15, -0.1) is 0 Å². The molecule has 0 rings (SSSR count). The lowest BCUT2D eigenvalue weighted by molar-refractivity contribution is -0.165. The summed E-state index contributed by atoms with van der Waals surface area (Å²) in [5.41, 5.74) is -1.01. The van der Waals surface area contributed by atoms with Gasteiger partial charge < -0.3 is 9.84 Å². The van der Waals surface area contributed by atoms with E-state index < -0.39 is 11.6 Å². The number of unbranched alkanes of at least 4 members (excludes halogenated alkanes) is 1. The highest BCUT2D eigenvalue weighted by Gasteiger charge is 2.32. The van der Waals surface area contributed by atoms with E-state index in [0.717, 1.165) is 12.8 Å². The number of rotatable bonds is 9. The van der Waals surface area contributed by atoms with Crippen molar-refractivity contribution < 1.29 is 14.6 Å². The van der Waals surface area contributed by atoms with E-state index in [1.54, 1.807) is 6.92 Å². The van der Waals surface area contributed by atoms with Gasteiger partial charge in [0.1, 0.15) is 0 Å². The smallest absolute Gasteiger partial charge is 0.335 e. The molecule has 96 valence electrons. The van der Waals surface area contributed by atoms with Gasteiger partial charge in [0.2, 0.25) is 0 Å². The van der Waals surface area contributed by atoms with E-state index in [9.17, 15) is 4.79 Å². The number of aliphatic carboxylic acids is 1. The molecule has 0 fully saturated rings. The van der Waals surface area contributed by atoms with Crippen molar-refractivity contribution in [3.8, 4) is 0 Å². The van der Waals surface area contributed by atoms with Crippen LogP contribution in [-0.2, 0) is 9.53 Å². The minimum atomic E-state index is -1.01. The summed E-state index contributed by atoms with van der Waals surface area (Å²) >= 11 is 0. The Labute approximate surface area is 99.2 Å². The van der Waals surface area contributed by atoms with Crippen molar-refractivity contribution in [1.82, 2.24) is 0 Å². The average Bonchev–Trinajstić information content (AvgIpc) is 2.28. The summed E-state index contributed by atoms with van der Waals surface area (Å²) in [4.78, 5) is 11.0. The van der Waals surface area contributed by atoms with Gasteiger partial charge in [-0.3, -0.25) is 0 Å². The Bertz CT molecular complexity index is 203. The summed E-state index contributed by atoms with van der Waals surface area (Å²) < 4.78 is 5.59. The maximum atomic E-state index is 11.0. The minimum Gasteiger partial charge on any atom is -0.479 e. The molecule has 2 atom stereocenters. The zero-order valence-corrected chi connectivity index (χ0v) is 11.1. The van der Waals surface area contributed by atoms with Gasteiger partial charge in [-0.2, -0.15) is 0 Å². The van der Waals surface area contributed by atoms with Crippen LogP contribution < -0.4 is 0 Å². The third-order valence-electron chi connectivity index (χ3n) is 3.31. The van der Waals surface area contributed by atoms with E-state index in [-0.39, 0.29) is 0 Å². The van der Waals surface area contributed by atoms with Crippen LogP contribution in [0, 0.1) is 5.92 Å². The number of carboxylic acids is 1. The zero-order chi connectivity index (χ0) is 12.6. The fourth-order valence-corrected chi connectivity index (χ4v) is 1.51. The molecular formula is C13H26O3. The van der Waals surface area contributed by atoms with Gasteiger partial charge in [-0.1, -0.05) is 40.0 Å². The molecule has 16 heavy (non-hydrogen) atoms. The molecule has 0 amide bonds. The molecular weight excluding hydrogens is 204 g/mol. The average molecular weight is 230 g/mol. The lowest BCUT2D eigenvalue weighted by Crippen LogP contribution is -2.39. The molecule has 0 spiro atoms. The van der Waals surface area contributed by atoms with Crippen LogP contribution in [0.2, 0.25) is 0 Å². The van der Waals surface area contributed by atoms with Crippen LogP contribution in [-0.4, -0.2) is 23.3 Å². The fraction of sp³-hybridized carbons (Fsp3) is 0.923. The monoisotopic (exact) mass is 230 g/mol. The highest BCUT2D eigenvalue weighted by molar-refractivity contribution is 5.76. The van der Waals surface area contributed by atoms with Crippen LogP contribution in [0.5, 0.6) is 0 Å². The van der Waals surface area contributed by atoms with Gasteiger partial charge in [-0.25, -0.2) is 4.79 Å². The Kier molecular flexibility index (Phi) is 7.39. The summed E-state index contributed by atoms with van der Waals surface area (Å²) in [7, 11) is 0. The van der Waals surface area contributed by atoms with Crippen molar-refractivity contribution in [3.63, 3.8) is 0 Å². The second kappa shape index (κ2) is 7.66. The standard InChI is InChI=1S/C13H26O3/c1-5-8-9-11(6-2)10-16-13(4,7-3)12(14)15/h11H,5-10H2,1-4H3,(H,14,15). The molecule has 1 N–H and O–H groups in total. The first kappa shape index (κ1) is 15.4. The van der Waals surface area contributed by atoms with Gasteiger partial charge in [0.15, 0.2) is 5.60 Å². The van der Waals surface area contributed by atoms with Crippen LogP contribution in [0.3, 0.4) is 0 Å². The van der Waals surface area contributed by atoms with E-state index in [2.05, 4.69) is 13.8 Å². The molecule has 0 aromatic rings. The van der Waals surface area contributed by atoms with E-state index in [4.69, 9.17) is 9.84 Å². The first-order chi connectivity index (χ1) is 7.50. The molecule has 0 saturated carbocycles. The fourth-order valence-electron chi connectivity index (χ4n) is 1.51. The van der Waals surface area contributed by atoms with Crippen molar-refractivity contribution in [2.45, 2.75) is 65.4 Å². The molecule has 0 aromatic heterocycles. The first-order valence-electron chi connectivity index (χ1n) is 6.37. The normalized spacial score (nSPS) is 16.8. The Hall–Kier alpha value is -0.570. The minimum absolute atomic E-state index is 0.491. The van der Waals surface area contributed by atoms with Gasteiger partial charge in [0.25, 0.3) is 0 Å². The molecule has 3 heteroatoms. The van der Waals surface area contributed by atoms with E-state index in [0.29, 0.717) is 18.9 Å². The van der Waals surface area contributed by atoms with Gasteiger partial charge >= 0.3 is 5.97 Å². The molecule has 0 aromatic carbocycles. The van der Waals surface area contributed by atoms with Crippen molar-refractivity contribution in [1.29, 1.82) is 0 Å². The molecule has 0 bridgehead atoms. The number of ether oxygens (including phenoxy) is 1. The van der Waals surface area contributed by atoms with Gasteiger partial charge in [0.05, 0.1) is 6.61 Å². The largest absolute Gasteiger partial charge is 0.479 e. The van der Waals surface area contributed by atoms with Crippen molar-refractivity contribution in [2.24, 2.45) is 5.92 Å². The van der Waals surface area contributed by atoms with Crippen molar-refractivity contribution in [2.75, 3.05) is 6.61 Å². The second-order valence-corrected chi connectivity index (χ2v) is 4.62. The molecule has 0 saturated heterocycles. The Morgan fingerprint density at radius 3 is 2.38 bits per heavy atom. The zero-order valence-electron chi connectivity index (χ0n) is 11.1. The third kappa shape index (κ3) is 4.97. The molecule has 0 radical (unpaired) electrons. The summed E-state index contributed by atoms with van der Waals surface area (Å²) in [6.07, 6.45) is 5.07. The lowest BCUT2D eigenvalue weighted by atomic mass is 9.99. The van der Waals surface area contributed by atoms with Gasteiger partial charge in [0, 0.05) is 0 Å². The molecule has 3 nitrogen and oxygen atoms in total. The van der Waals surface area contributed by atoms with E-state index in [1.807, 2.05) is 6.92 Å². The Morgan fingerprint density at radius 2 is 2.00 bits per heavy atom. The Balaban J connectivity index is 4.12. The quantitative estimate of drug-likeness (QED) is 0.659. The maximum absolute atomic E-state index is 11.0. The van der Waals surface area contributed by atoms with E-state index >= 15 is 0 Å². The van der Waals surface area contributed by atoms with Crippen molar-refractivity contribution >= 4 is 5.97 Å². The lowest BCUT2D eigenvalue weighted by Gasteiger charge is -2.26. The summed E-state index contributed by atoms with van der Waals surface area (Å²) in [5, 5.41) is 9.07. The SMILES string of the molecule is CCCCC(CC)COC(C)(CC)C(=O)O. The molecule has 0 heterocycles. The van der Waals surface area contributed by atoms with Crippen LogP contribution in [0.25, 0.3) is 0 Å². The Morgan fingerprint density at radius 1 is 1.38 bits per heavy atom. The number of carbonyl (C=O) groups is 1. The van der Waals surface area contributed by atoms with Crippen molar-refractivity contribution in [3.05, 3.63) is 0 Å². The molecule has 0 aliphatic rings. The molecule has 0 aliphatic heterocycles. The number of carboxylic acid groups (broad SMARTS) is 1. The molecule has 2 unspecified atom stereocenters. The highest BCUT2D eigenvalue weighted by atomic mass is 16.5. The topological polar surface area (TPSA) is 46.5 Å². The van der Waals surface area contributed by atoms with Crippen LogP contribution in [0.4, 0.5) is 0 Å². The number of hydrogen-bond donors (Lipinski definition) is 1. The highest BCUT2D eigenvalue weighted by Crippen LogP contribution is 2.20. The first-order valence-corrected chi connectivity index (χ1v) is 6.37. The summed E-state index contributed by atoms with van der Waals surface area (Å²) in [6, 6.07) is 0. The number of hydrogen-bond acceptors (Lipinski definition) is 2. The maximum Gasteiger partial charge on any atom is 0.335 e. The summed E-state index contributed by atoms with van der Waals surface area (Å²) in [6.45, 7) is 8.37. The van der Waals surface area contributed by atoms with E-state index in [1.165, 1.54) is 12.8 Å². The third-order valence-corrected chi connectivity index (χ3v) is 3.31. The predicted molar refractivity (Wildman–Crippen MR) is 65.6 cm³/mol. The predicted octanol–water partition coefficient (Wildman–Crippen LogP) is 3.47.